The second kappa shape index (κ2) is 9.49. The summed E-state index contributed by atoms with van der Waals surface area (Å²) >= 11 is 3.39. The molecule has 0 aliphatic rings. The van der Waals surface area contributed by atoms with Gasteiger partial charge in [0.05, 0.1) is 16.8 Å². The average molecular weight is 472 g/mol. The first-order chi connectivity index (χ1) is 14.0. The Morgan fingerprint density at radius 3 is 2.17 bits per heavy atom. The minimum atomic E-state index is -3.92. The summed E-state index contributed by atoms with van der Waals surface area (Å²) in [6, 6.07) is 23.9. The summed E-state index contributed by atoms with van der Waals surface area (Å²) in [6.07, 6.45) is 1.49. The number of benzene rings is 3. The normalized spacial score (nSPS) is 11.3. The first-order valence-electron chi connectivity index (χ1n) is 8.68. The molecule has 0 fully saturated rings. The van der Waals surface area contributed by atoms with Gasteiger partial charge in [0.1, 0.15) is 6.54 Å². The molecular weight excluding hydrogens is 454 g/mol. The molecule has 0 spiro atoms. The van der Waals surface area contributed by atoms with E-state index >= 15 is 0 Å². The molecule has 3 aromatic rings. The molecule has 148 valence electrons. The highest BCUT2D eigenvalue weighted by Gasteiger charge is 2.26. The van der Waals surface area contributed by atoms with E-state index in [-0.39, 0.29) is 4.90 Å². The van der Waals surface area contributed by atoms with Gasteiger partial charge in [-0.05, 0) is 30.3 Å². The van der Waals surface area contributed by atoms with Crippen LogP contribution in [0.3, 0.4) is 0 Å². The van der Waals surface area contributed by atoms with Gasteiger partial charge in [-0.3, -0.25) is 9.10 Å². The van der Waals surface area contributed by atoms with Crippen LogP contribution in [0.5, 0.6) is 0 Å². The minimum absolute atomic E-state index is 0.105. The average Bonchev–Trinajstić information content (AvgIpc) is 2.74. The summed E-state index contributed by atoms with van der Waals surface area (Å²) in [5, 5.41) is 3.93. The number of carbonyl (C=O) groups is 1. The fraction of sp³-hybridized carbons (Fsp3) is 0.0476. The third-order valence-corrected chi connectivity index (χ3v) is 6.47. The van der Waals surface area contributed by atoms with E-state index in [1.165, 1.54) is 18.3 Å². The van der Waals surface area contributed by atoms with Gasteiger partial charge in [0.15, 0.2) is 0 Å². The molecule has 0 aliphatic heterocycles. The Kier molecular flexibility index (Phi) is 6.79. The van der Waals surface area contributed by atoms with Gasteiger partial charge in [-0.1, -0.05) is 70.5 Å². The van der Waals surface area contributed by atoms with Crippen molar-refractivity contribution in [1.82, 2.24) is 5.43 Å². The lowest BCUT2D eigenvalue weighted by molar-refractivity contribution is -0.119. The third-order valence-electron chi connectivity index (χ3n) is 3.96. The molecule has 0 atom stereocenters. The maximum atomic E-state index is 13.1. The van der Waals surface area contributed by atoms with Crippen LogP contribution in [0, 0.1) is 0 Å². The van der Waals surface area contributed by atoms with Crippen LogP contribution >= 0.6 is 15.9 Å². The highest BCUT2D eigenvalue weighted by molar-refractivity contribution is 9.10. The van der Waals surface area contributed by atoms with Gasteiger partial charge in [0.25, 0.3) is 15.9 Å². The van der Waals surface area contributed by atoms with E-state index in [4.69, 9.17) is 0 Å². The van der Waals surface area contributed by atoms with Crippen molar-refractivity contribution in [3.05, 3.63) is 95.0 Å². The van der Waals surface area contributed by atoms with E-state index in [1.807, 2.05) is 24.3 Å². The predicted octanol–water partition coefficient (Wildman–Crippen LogP) is 3.79. The number of hydrogen-bond donors (Lipinski definition) is 1. The van der Waals surface area contributed by atoms with E-state index in [9.17, 15) is 13.2 Å². The van der Waals surface area contributed by atoms with Crippen molar-refractivity contribution in [2.24, 2.45) is 5.10 Å². The Morgan fingerprint density at radius 1 is 0.931 bits per heavy atom. The van der Waals surface area contributed by atoms with Gasteiger partial charge in [-0.2, -0.15) is 5.10 Å². The van der Waals surface area contributed by atoms with E-state index in [0.29, 0.717) is 5.69 Å². The van der Waals surface area contributed by atoms with Crippen LogP contribution in [0.4, 0.5) is 5.69 Å². The van der Waals surface area contributed by atoms with Crippen molar-refractivity contribution in [1.29, 1.82) is 0 Å². The zero-order chi connectivity index (χ0) is 20.7. The van der Waals surface area contributed by atoms with Gasteiger partial charge in [-0.25, -0.2) is 13.8 Å². The van der Waals surface area contributed by atoms with Crippen molar-refractivity contribution < 1.29 is 13.2 Å². The van der Waals surface area contributed by atoms with Crippen molar-refractivity contribution in [3.63, 3.8) is 0 Å². The highest BCUT2D eigenvalue weighted by Crippen LogP contribution is 2.23. The van der Waals surface area contributed by atoms with Gasteiger partial charge in [-0.15, -0.1) is 0 Å². The second-order valence-electron chi connectivity index (χ2n) is 5.97. The summed E-state index contributed by atoms with van der Waals surface area (Å²) in [7, 11) is -3.92. The number of amides is 1. The number of sulfonamides is 1. The standard InChI is InChI=1S/C21H18BrN3O3S/c22-20-14-8-7-9-17(20)15-23-24-21(26)16-25(18-10-3-1-4-11-18)29(27,28)19-12-5-2-6-13-19/h1-15H,16H2,(H,24,26)/b23-15-. The molecule has 0 saturated heterocycles. The topological polar surface area (TPSA) is 78.8 Å². The summed E-state index contributed by atoms with van der Waals surface area (Å²) < 4.78 is 28.1. The van der Waals surface area contributed by atoms with Crippen LogP contribution in [-0.2, 0) is 14.8 Å². The second-order valence-corrected chi connectivity index (χ2v) is 8.69. The van der Waals surface area contributed by atoms with E-state index < -0.39 is 22.5 Å². The molecule has 0 aromatic heterocycles. The van der Waals surface area contributed by atoms with Crippen molar-refractivity contribution >= 4 is 43.8 Å². The zero-order valence-electron chi connectivity index (χ0n) is 15.3. The van der Waals surface area contributed by atoms with Crippen molar-refractivity contribution in [2.75, 3.05) is 10.8 Å². The molecular formula is C21H18BrN3O3S. The number of para-hydroxylation sites is 1. The summed E-state index contributed by atoms with van der Waals surface area (Å²) in [5.41, 5.74) is 3.56. The molecule has 0 radical (unpaired) electrons. The molecule has 8 heteroatoms. The number of rotatable bonds is 7. The lowest BCUT2D eigenvalue weighted by Crippen LogP contribution is -2.39. The SMILES string of the molecule is O=C(CN(c1ccccc1)S(=O)(=O)c1ccccc1)N/N=C\c1ccccc1Br. The zero-order valence-corrected chi connectivity index (χ0v) is 17.7. The molecule has 6 nitrogen and oxygen atoms in total. The minimum Gasteiger partial charge on any atom is -0.271 e. The third kappa shape index (κ3) is 5.30. The maximum absolute atomic E-state index is 13.1. The fourth-order valence-electron chi connectivity index (χ4n) is 2.55. The molecule has 1 N–H and O–H groups in total. The number of hydrazone groups is 1. The van der Waals surface area contributed by atoms with Crippen molar-refractivity contribution in [2.45, 2.75) is 4.90 Å². The highest BCUT2D eigenvalue weighted by atomic mass is 79.9. The Labute approximate surface area is 178 Å². The lowest BCUT2D eigenvalue weighted by atomic mass is 10.2. The Balaban J connectivity index is 1.81. The number of carbonyl (C=O) groups excluding carboxylic acids is 1. The van der Waals surface area contributed by atoms with Gasteiger partial charge in [0.2, 0.25) is 0 Å². The van der Waals surface area contributed by atoms with E-state index in [0.717, 1.165) is 14.3 Å². The van der Waals surface area contributed by atoms with Crippen molar-refractivity contribution in [3.8, 4) is 0 Å². The van der Waals surface area contributed by atoms with Gasteiger partial charge >= 0.3 is 0 Å². The number of anilines is 1. The molecule has 0 saturated carbocycles. The Morgan fingerprint density at radius 2 is 1.52 bits per heavy atom. The molecule has 29 heavy (non-hydrogen) atoms. The smallest absolute Gasteiger partial charge is 0.264 e. The van der Waals surface area contributed by atoms with Crippen LogP contribution in [-0.4, -0.2) is 27.1 Å². The fourth-order valence-corrected chi connectivity index (χ4v) is 4.38. The van der Waals surface area contributed by atoms with Crippen LogP contribution in [0.1, 0.15) is 5.56 Å². The molecule has 0 aliphatic carbocycles. The van der Waals surface area contributed by atoms with Crippen LogP contribution < -0.4 is 9.73 Å². The number of nitrogens with one attached hydrogen (secondary N) is 1. The van der Waals surface area contributed by atoms with Crippen LogP contribution in [0.15, 0.2) is 99.4 Å². The van der Waals surface area contributed by atoms with Crippen LogP contribution in [0.25, 0.3) is 0 Å². The summed E-state index contributed by atoms with van der Waals surface area (Å²) in [5.74, 6) is -0.559. The Hall–Kier alpha value is -2.97. The quantitative estimate of drug-likeness (QED) is 0.420. The first kappa shape index (κ1) is 20.8. The van der Waals surface area contributed by atoms with E-state index in [1.54, 1.807) is 48.5 Å². The summed E-state index contributed by atoms with van der Waals surface area (Å²) in [6.45, 7) is -0.408. The molecule has 0 heterocycles. The molecule has 3 aromatic carbocycles. The van der Waals surface area contributed by atoms with E-state index in [2.05, 4.69) is 26.5 Å². The molecule has 3 rings (SSSR count). The Bertz CT molecular complexity index is 1100. The number of hydrogen-bond acceptors (Lipinski definition) is 4. The monoisotopic (exact) mass is 471 g/mol. The lowest BCUT2D eigenvalue weighted by Gasteiger charge is -2.23. The predicted molar refractivity (Wildman–Crippen MR) is 117 cm³/mol. The van der Waals surface area contributed by atoms with Gasteiger partial charge < -0.3 is 0 Å². The molecule has 1 amide bonds. The number of halogens is 1. The molecule has 0 unspecified atom stereocenters. The van der Waals surface area contributed by atoms with Crippen LogP contribution in [0.2, 0.25) is 0 Å². The number of nitrogens with zero attached hydrogens (tertiary/aromatic N) is 2. The maximum Gasteiger partial charge on any atom is 0.264 e. The summed E-state index contributed by atoms with van der Waals surface area (Å²) in [4.78, 5) is 12.5. The first-order valence-corrected chi connectivity index (χ1v) is 10.9. The van der Waals surface area contributed by atoms with Gasteiger partial charge in [0, 0.05) is 10.0 Å². The molecule has 0 bridgehead atoms. The largest absolute Gasteiger partial charge is 0.271 e.